The quantitative estimate of drug-likeness (QED) is 0.581. The van der Waals surface area contributed by atoms with E-state index in [9.17, 15) is 14.4 Å². The van der Waals surface area contributed by atoms with E-state index in [0.29, 0.717) is 17.1 Å². The summed E-state index contributed by atoms with van der Waals surface area (Å²) in [6, 6.07) is 0. The van der Waals surface area contributed by atoms with Gasteiger partial charge in [0.05, 0.1) is 17.1 Å². The normalized spacial score (nSPS) is 10.3. The average molecular weight is 249 g/mol. The molecule has 1 amide bonds. The smallest absolute Gasteiger partial charge is 0.319 e. The lowest BCUT2D eigenvalue weighted by Gasteiger charge is -2.03. The molecule has 2 aromatic heterocycles. The molecule has 0 bridgehead atoms. The fraction of sp³-hybridized carbons (Fsp3) is 0.200. The van der Waals surface area contributed by atoms with E-state index in [1.54, 1.807) is 13.8 Å². The standard InChI is InChI=1S/C10H11N5O3/c1-4-7(5(2)15-14-4)12-8(16)6-3-11-10(18)13-9(6)17/h3H,1-2H3,(H,12,16)(H,14,15)(H2,11,13,17,18). The van der Waals surface area contributed by atoms with Gasteiger partial charge in [0, 0.05) is 6.20 Å². The minimum absolute atomic E-state index is 0.172. The lowest BCUT2D eigenvalue weighted by atomic mass is 10.2. The Morgan fingerprint density at radius 2 is 2.06 bits per heavy atom. The van der Waals surface area contributed by atoms with Crippen molar-refractivity contribution in [3.63, 3.8) is 0 Å². The zero-order valence-electron chi connectivity index (χ0n) is 9.75. The first kappa shape index (κ1) is 11.8. The van der Waals surface area contributed by atoms with Crippen LogP contribution in [0.3, 0.4) is 0 Å². The van der Waals surface area contributed by atoms with Crippen molar-refractivity contribution in [3.05, 3.63) is 44.0 Å². The highest BCUT2D eigenvalue weighted by molar-refractivity contribution is 6.04. The Kier molecular flexibility index (Phi) is 2.84. The van der Waals surface area contributed by atoms with Crippen LogP contribution < -0.4 is 16.6 Å². The molecule has 0 unspecified atom stereocenters. The number of anilines is 1. The van der Waals surface area contributed by atoms with Gasteiger partial charge in [-0.05, 0) is 13.8 Å². The fourth-order valence-corrected chi connectivity index (χ4v) is 1.49. The number of nitrogens with zero attached hydrogens (tertiary/aromatic N) is 1. The molecule has 4 N–H and O–H groups in total. The second-order valence-electron chi connectivity index (χ2n) is 3.75. The van der Waals surface area contributed by atoms with Gasteiger partial charge in [-0.3, -0.25) is 19.7 Å². The van der Waals surface area contributed by atoms with Crippen molar-refractivity contribution in [2.45, 2.75) is 13.8 Å². The molecular formula is C10H11N5O3. The second-order valence-corrected chi connectivity index (χ2v) is 3.75. The van der Waals surface area contributed by atoms with Crippen LogP contribution in [0, 0.1) is 13.8 Å². The maximum absolute atomic E-state index is 11.9. The van der Waals surface area contributed by atoms with Gasteiger partial charge in [-0.25, -0.2) is 4.79 Å². The number of amides is 1. The molecule has 8 nitrogen and oxygen atoms in total. The van der Waals surface area contributed by atoms with Crippen molar-refractivity contribution in [2.24, 2.45) is 0 Å². The molecule has 0 radical (unpaired) electrons. The lowest BCUT2D eigenvalue weighted by Crippen LogP contribution is -2.29. The van der Waals surface area contributed by atoms with Crippen LogP contribution in [0.4, 0.5) is 5.69 Å². The van der Waals surface area contributed by atoms with Gasteiger partial charge < -0.3 is 10.3 Å². The largest absolute Gasteiger partial charge is 0.325 e. The SMILES string of the molecule is Cc1n[nH]c(C)c1NC(=O)c1c[nH]c(=O)[nH]c1=O. The molecule has 0 spiro atoms. The highest BCUT2D eigenvalue weighted by Gasteiger charge is 2.14. The number of hydrogen-bond acceptors (Lipinski definition) is 4. The monoisotopic (exact) mass is 249 g/mol. The van der Waals surface area contributed by atoms with Crippen molar-refractivity contribution in [1.29, 1.82) is 0 Å². The van der Waals surface area contributed by atoms with E-state index in [2.05, 4.69) is 20.5 Å². The summed E-state index contributed by atoms with van der Waals surface area (Å²) in [4.78, 5) is 38.3. The molecular weight excluding hydrogens is 238 g/mol. The Bertz CT molecular complexity index is 689. The van der Waals surface area contributed by atoms with Crippen LogP contribution in [0.25, 0.3) is 0 Å². The lowest BCUT2D eigenvalue weighted by molar-refractivity contribution is 0.102. The molecule has 0 fully saturated rings. The van der Waals surface area contributed by atoms with Crippen molar-refractivity contribution >= 4 is 11.6 Å². The zero-order valence-corrected chi connectivity index (χ0v) is 9.75. The summed E-state index contributed by atoms with van der Waals surface area (Å²) in [5.74, 6) is -0.611. The summed E-state index contributed by atoms with van der Waals surface area (Å²) in [7, 11) is 0. The summed E-state index contributed by atoms with van der Waals surface area (Å²) >= 11 is 0. The Labute approximate surface area is 100 Å². The topological polar surface area (TPSA) is 123 Å². The number of aromatic nitrogens is 4. The van der Waals surface area contributed by atoms with Crippen LogP contribution >= 0.6 is 0 Å². The average Bonchev–Trinajstić information content (AvgIpc) is 2.60. The van der Waals surface area contributed by atoms with Gasteiger partial charge in [0.2, 0.25) is 0 Å². The molecule has 2 rings (SSSR count). The number of aromatic amines is 3. The zero-order chi connectivity index (χ0) is 13.3. The van der Waals surface area contributed by atoms with Crippen LogP contribution in [-0.4, -0.2) is 26.1 Å². The third-order valence-corrected chi connectivity index (χ3v) is 2.43. The van der Waals surface area contributed by atoms with E-state index in [1.165, 1.54) is 0 Å². The second kappa shape index (κ2) is 4.32. The van der Waals surface area contributed by atoms with Crippen LogP contribution in [0.1, 0.15) is 21.7 Å². The third kappa shape index (κ3) is 2.08. The molecule has 0 aliphatic carbocycles. The fourth-order valence-electron chi connectivity index (χ4n) is 1.49. The first-order valence-corrected chi connectivity index (χ1v) is 5.14. The first-order chi connectivity index (χ1) is 8.49. The van der Waals surface area contributed by atoms with E-state index >= 15 is 0 Å². The number of H-pyrrole nitrogens is 3. The van der Waals surface area contributed by atoms with Gasteiger partial charge in [0.1, 0.15) is 5.56 Å². The van der Waals surface area contributed by atoms with E-state index in [4.69, 9.17) is 0 Å². The molecule has 0 aliphatic heterocycles. The van der Waals surface area contributed by atoms with Gasteiger partial charge in [0.25, 0.3) is 11.5 Å². The number of nitrogens with one attached hydrogen (secondary N) is 4. The van der Waals surface area contributed by atoms with Crippen LogP contribution in [-0.2, 0) is 0 Å². The van der Waals surface area contributed by atoms with E-state index in [-0.39, 0.29) is 5.56 Å². The summed E-state index contributed by atoms with van der Waals surface area (Å²) in [6.07, 6.45) is 1.07. The Balaban J connectivity index is 2.33. The van der Waals surface area contributed by atoms with Crippen LogP contribution in [0.5, 0.6) is 0 Å². The number of carbonyl (C=O) groups is 1. The van der Waals surface area contributed by atoms with Gasteiger partial charge in [0.15, 0.2) is 0 Å². The van der Waals surface area contributed by atoms with Gasteiger partial charge in [-0.2, -0.15) is 5.10 Å². The maximum atomic E-state index is 11.9. The van der Waals surface area contributed by atoms with Crippen molar-refractivity contribution in [2.75, 3.05) is 5.32 Å². The van der Waals surface area contributed by atoms with Gasteiger partial charge >= 0.3 is 5.69 Å². The molecule has 0 aliphatic rings. The summed E-state index contributed by atoms with van der Waals surface area (Å²) in [6.45, 7) is 3.46. The maximum Gasteiger partial charge on any atom is 0.325 e. The number of carbonyl (C=O) groups excluding carboxylic acids is 1. The van der Waals surface area contributed by atoms with E-state index in [1.807, 2.05) is 4.98 Å². The van der Waals surface area contributed by atoms with Gasteiger partial charge in [-0.15, -0.1) is 0 Å². The molecule has 94 valence electrons. The van der Waals surface area contributed by atoms with Crippen molar-refractivity contribution in [3.8, 4) is 0 Å². The molecule has 2 aromatic rings. The predicted octanol–water partition coefficient (Wildman–Crippen LogP) is -0.345. The first-order valence-electron chi connectivity index (χ1n) is 5.14. The number of aryl methyl sites for hydroxylation is 2. The minimum Gasteiger partial charge on any atom is -0.319 e. The minimum atomic E-state index is -0.741. The number of hydrogen-bond donors (Lipinski definition) is 4. The summed E-state index contributed by atoms with van der Waals surface area (Å²) < 4.78 is 0. The molecule has 0 aromatic carbocycles. The molecule has 8 heteroatoms. The van der Waals surface area contributed by atoms with Crippen molar-refractivity contribution in [1.82, 2.24) is 20.2 Å². The predicted molar refractivity (Wildman–Crippen MR) is 63.7 cm³/mol. The van der Waals surface area contributed by atoms with Gasteiger partial charge in [-0.1, -0.05) is 0 Å². The third-order valence-electron chi connectivity index (χ3n) is 2.43. The highest BCUT2D eigenvalue weighted by Crippen LogP contribution is 2.16. The summed E-state index contributed by atoms with van der Waals surface area (Å²) in [5, 5.41) is 9.19. The molecule has 0 atom stereocenters. The van der Waals surface area contributed by atoms with Crippen molar-refractivity contribution < 1.29 is 4.79 Å². The Morgan fingerprint density at radius 1 is 1.33 bits per heavy atom. The van der Waals surface area contributed by atoms with Crippen LogP contribution in [0.2, 0.25) is 0 Å². The molecule has 0 saturated carbocycles. The molecule has 2 heterocycles. The Morgan fingerprint density at radius 3 is 2.61 bits per heavy atom. The Hall–Kier alpha value is -2.64. The highest BCUT2D eigenvalue weighted by atomic mass is 16.2. The molecule has 0 saturated heterocycles. The van der Waals surface area contributed by atoms with E-state index in [0.717, 1.165) is 6.20 Å². The number of rotatable bonds is 2. The van der Waals surface area contributed by atoms with Crippen LogP contribution in [0.15, 0.2) is 15.8 Å². The molecule has 18 heavy (non-hydrogen) atoms. The van der Waals surface area contributed by atoms with E-state index < -0.39 is 17.2 Å². The summed E-state index contributed by atoms with van der Waals surface area (Å²) in [5.41, 5.74) is 0.242.